The van der Waals surface area contributed by atoms with Gasteiger partial charge < -0.3 is 10.4 Å². The highest BCUT2D eigenvalue weighted by atomic mass is 79.9. The summed E-state index contributed by atoms with van der Waals surface area (Å²) >= 11 is 3.36. The normalized spacial score (nSPS) is 12.2. The summed E-state index contributed by atoms with van der Waals surface area (Å²) in [5, 5.41) is 13.1. The molecule has 2 rings (SSSR count). The van der Waals surface area contributed by atoms with Crippen LogP contribution in [0.3, 0.4) is 0 Å². The molecule has 0 saturated heterocycles. The topological polar surface area (TPSA) is 32.3 Å². The summed E-state index contributed by atoms with van der Waals surface area (Å²) in [5.41, 5.74) is 2.33. The average molecular weight is 324 g/mol. The Morgan fingerprint density at radius 2 is 2.05 bits per heavy atom. The van der Waals surface area contributed by atoms with Crippen molar-refractivity contribution in [2.75, 3.05) is 11.9 Å². The maximum atomic E-state index is 13.2. The van der Waals surface area contributed by atoms with E-state index in [0.29, 0.717) is 12.2 Å². The molecule has 2 N–H and O–H groups in total. The Hall–Kier alpha value is -1.39. The lowest BCUT2D eigenvalue weighted by Gasteiger charge is -2.14. The van der Waals surface area contributed by atoms with Crippen molar-refractivity contribution in [3.63, 3.8) is 0 Å². The van der Waals surface area contributed by atoms with Crippen molar-refractivity contribution in [3.05, 3.63) is 63.9 Å². The van der Waals surface area contributed by atoms with Crippen LogP contribution in [0.15, 0.2) is 46.9 Å². The van der Waals surface area contributed by atoms with Crippen LogP contribution in [-0.4, -0.2) is 11.7 Å². The molecular weight excluding hydrogens is 309 g/mol. The summed E-state index contributed by atoms with van der Waals surface area (Å²) in [5.74, 6) is -0.278. The minimum atomic E-state index is -0.638. The zero-order valence-corrected chi connectivity index (χ0v) is 12.1. The molecule has 2 aromatic rings. The lowest BCUT2D eigenvalue weighted by Crippen LogP contribution is -2.12. The maximum absolute atomic E-state index is 13.2. The third kappa shape index (κ3) is 4.04. The molecule has 0 heterocycles. The number of anilines is 1. The van der Waals surface area contributed by atoms with Crippen molar-refractivity contribution in [1.82, 2.24) is 0 Å². The first kappa shape index (κ1) is 14.0. The van der Waals surface area contributed by atoms with E-state index < -0.39 is 6.10 Å². The zero-order chi connectivity index (χ0) is 13.8. The van der Waals surface area contributed by atoms with Crippen LogP contribution in [0.4, 0.5) is 10.1 Å². The van der Waals surface area contributed by atoms with Crippen LogP contribution in [-0.2, 0) is 0 Å². The van der Waals surface area contributed by atoms with Crippen molar-refractivity contribution in [2.45, 2.75) is 13.0 Å². The van der Waals surface area contributed by atoms with Gasteiger partial charge in [0, 0.05) is 16.7 Å². The van der Waals surface area contributed by atoms with Gasteiger partial charge in [-0.25, -0.2) is 4.39 Å². The van der Waals surface area contributed by atoms with E-state index in [1.54, 1.807) is 0 Å². The second-order valence-electron chi connectivity index (χ2n) is 4.47. The summed E-state index contributed by atoms with van der Waals surface area (Å²) in [6, 6.07) is 12.2. The molecule has 0 aromatic heterocycles. The molecule has 19 heavy (non-hydrogen) atoms. The third-order valence-electron chi connectivity index (χ3n) is 2.78. The average Bonchev–Trinajstić information content (AvgIpc) is 2.35. The molecule has 4 heteroatoms. The van der Waals surface area contributed by atoms with E-state index in [-0.39, 0.29) is 5.82 Å². The fraction of sp³-hybridized carbons (Fsp3) is 0.200. The predicted molar refractivity (Wildman–Crippen MR) is 78.7 cm³/mol. The van der Waals surface area contributed by atoms with Crippen LogP contribution in [0.25, 0.3) is 0 Å². The highest BCUT2D eigenvalue weighted by Crippen LogP contribution is 2.19. The number of aliphatic hydroxyl groups excluding tert-OH is 1. The number of hydrogen-bond donors (Lipinski definition) is 2. The van der Waals surface area contributed by atoms with E-state index in [1.165, 1.54) is 12.1 Å². The number of aliphatic hydroxyl groups is 1. The van der Waals surface area contributed by atoms with Gasteiger partial charge in [0.1, 0.15) is 5.82 Å². The Bertz CT molecular complexity index is 554. The van der Waals surface area contributed by atoms with Gasteiger partial charge >= 0.3 is 0 Å². The monoisotopic (exact) mass is 323 g/mol. The van der Waals surface area contributed by atoms with Crippen molar-refractivity contribution in [1.29, 1.82) is 0 Å². The molecule has 2 nitrogen and oxygen atoms in total. The Labute approximate surface area is 120 Å². The van der Waals surface area contributed by atoms with Gasteiger partial charge in [0.25, 0.3) is 0 Å². The largest absolute Gasteiger partial charge is 0.387 e. The van der Waals surface area contributed by atoms with Crippen LogP contribution in [0.2, 0.25) is 0 Å². The van der Waals surface area contributed by atoms with Gasteiger partial charge in [-0.15, -0.1) is 0 Å². The Kier molecular flexibility index (Phi) is 4.56. The smallest absolute Gasteiger partial charge is 0.125 e. The molecule has 0 aliphatic rings. The quantitative estimate of drug-likeness (QED) is 0.889. The standard InChI is InChI=1S/C15H15BrFNO/c1-10-5-13(17)8-14(6-10)18-9-15(19)11-3-2-4-12(16)7-11/h2-8,15,18-19H,9H2,1H3. The van der Waals surface area contributed by atoms with E-state index in [1.807, 2.05) is 37.3 Å². The minimum absolute atomic E-state index is 0.278. The Morgan fingerprint density at radius 1 is 1.26 bits per heavy atom. The van der Waals surface area contributed by atoms with Crippen molar-refractivity contribution in [3.8, 4) is 0 Å². The van der Waals surface area contributed by atoms with Gasteiger partial charge in [0.2, 0.25) is 0 Å². The first-order chi connectivity index (χ1) is 9.04. The first-order valence-electron chi connectivity index (χ1n) is 5.99. The van der Waals surface area contributed by atoms with Crippen LogP contribution in [0, 0.1) is 12.7 Å². The highest BCUT2D eigenvalue weighted by Gasteiger charge is 2.08. The number of benzene rings is 2. The highest BCUT2D eigenvalue weighted by molar-refractivity contribution is 9.10. The van der Waals surface area contributed by atoms with Crippen molar-refractivity contribution >= 4 is 21.6 Å². The molecule has 2 aromatic carbocycles. The van der Waals surface area contributed by atoms with Gasteiger partial charge in [-0.1, -0.05) is 28.1 Å². The second-order valence-corrected chi connectivity index (χ2v) is 5.38. The molecule has 0 fully saturated rings. The summed E-state index contributed by atoms with van der Waals surface area (Å²) in [4.78, 5) is 0. The lowest BCUT2D eigenvalue weighted by molar-refractivity contribution is 0.191. The van der Waals surface area contributed by atoms with Crippen LogP contribution in [0.1, 0.15) is 17.2 Å². The lowest BCUT2D eigenvalue weighted by atomic mass is 10.1. The van der Waals surface area contributed by atoms with Gasteiger partial charge in [0.05, 0.1) is 6.10 Å². The molecule has 100 valence electrons. The molecule has 0 radical (unpaired) electrons. The zero-order valence-electron chi connectivity index (χ0n) is 10.5. The summed E-state index contributed by atoms with van der Waals surface area (Å²) in [6.07, 6.45) is -0.638. The summed E-state index contributed by atoms with van der Waals surface area (Å²) in [6.45, 7) is 2.17. The molecule has 0 amide bonds. The van der Waals surface area contributed by atoms with Gasteiger partial charge in [-0.2, -0.15) is 0 Å². The predicted octanol–water partition coefficient (Wildman–Crippen LogP) is 4.04. The SMILES string of the molecule is Cc1cc(F)cc(NCC(O)c2cccc(Br)c2)c1. The van der Waals surface area contributed by atoms with E-state index in [0.717, 1.165) is 15.6 Å². The van der Waals surface area contributed by atoms with E-state index in [2.05, 4.69) is 21.2 Å². The van der Waals surface area contributed by atoms with E-state index >= 15 is 0 Å². The van der Waals surface area contributed by atoms with E-state index in [4.69, 9.17) is 0 Å². The number of nitrogens with one attached hydrogen (secondary N) is 1. The van der Waals surface area contributed by atoms with Crippen molar-refractivity contribution in [2.24, 2.45) is 0 Å². The molecule has 1 unspecified atom stereocenters. The summed E-state index contributed by atoms with van der Waals surface area (Å²) < 4.78 is 14.1. The molecular formula is C15H15BrFNO. The van der Waals surface area contributed by atoms with E-state index in [9.17, 15) is 9.50 Å². The van der Waals surface area contributed by atoms with Gasteiger partial charge in [-0.3, -0.25) is 0 Å². The first-order valence-corrected chi connectivity index (χ1v) is 6.78. The third-order valence-corrected chi connectivity index (χ3v) is 3.27. The summed E-state index contributed by atoms with van der Waals surface area (Å²) in [7, 11) is 0. The van der Waals surface area contributed by atoms with Crippen LogP contribution < -0.4 is 5.32 Å². The maximum Gasteiger partial charge on any atom is 0.125 e. The fourth-order valence-corrected chi connectivity index (χ4v) is 2.30. The fourth-order valence-electron chi connectivity index (χ4n) is 1.88. The van der Waals surface area contributed by atoms with Crippen molar-refractivity contribution < 1.29 is 9.50 Å². The molecule has 1 atom stereocenters. The number of aryl methyl sites for hydroxylation is 1. The van der Waals surface area contributed by atoms with Crippen LogP contribution in [0.5, 0.6) is 0 Å². The van der Waals surface area contributed by atoms with Crippen LogP contribution >= 0.6 is 15.9 Å². The number of rotatable bonds is 4. The molecule has 0 spiro atoms. The minimum Gasteiger partial charge on any atom is -0.387 e. The molecule has 0 saturated carbocycles. The molecule has 0 bridgehead atoms. The Morgan fingerprint density at radius 3 is 2.74 bits per heavy atom. The molecule has 0 aliphatic carbocycles. The number of hydrogen-bond acceptors (Lipinski definition) is 2. The van der Waals surface area contributed by atoms with Gasteiger partial charge in [0.15, 0.2) is 0 Å². The van der Waals surface area contributed by atoms with Gasteiger partial charge in [-0.05, 0) is 48.4 Å². The molecule has 0 aliphatic heterocycles. The number of halogens is 2. The second kappa shape index (κ2) is 6.17. The Balaban J connectivity index is 2.02.